The van der Waals surface area contributed by atoms with Gasteiger partial charge in [-0.25, -0.2) is 4.79 Å². The molecule has 19 heavy (non-hydrogen) atoms. The van der Waals surface area contributed by atoms with Crippen LogP contribution in [0.4, 0.5) is 0 Å². The predicted molar refractivity (Wildman–Crippen MR) is 75.9 cm³/mol. The molecule has 1 aromatic carbocycles. The van der Waals surface area contributed by atoms with E-state index in [1.54, 1.807) is 0 Å². The van der Waals surface area contributed by atoms with Crippen LogP contribution in [0.2, 0.25) is 0 Å². The third kappa shape index (κ3) is 3.55. The lowest BCUT2D eigenvalue weighted by molar-refractivity contribution is -0.155. The highest BCUT2D eigenvalue weighted by molar-refractivity contribution is 9.10. The fourth-order valence-electron chi connectivity index (χ4n) is 2.36. The van der Waals surface area contributed by atoms with E-state index in [1.165, 1.54) is 7.11 Å². The number of piperidine rings is 1. The van der Waals surface area contributed by atoms with E-state index in [-0.39, 0.29) is 12.6 Å². The molecule has 0 spiro atoms. The lowest BCUT2D eigenvalue weighted by Gasteiger charge is -2.38. The number of rotatable bonds is 4. The van der Waals surface area contributed by atoms with E-state index in [1.807, 2.05) is 24.3 Å². The monoisotopic (exact) mass is 327 g/mol. The smallest absolute Gasteiger partial charge is 0.331 e. The maximum Gasteiger partial charge on any atom is 0.331 e. The highest BCUT2D eigenvalue weighted by Gasteiger charge is 2.35. The summed E-state index contributed by atoms with van der Waals surface area (Å²) in [6, 6.07) is 8.05. The number of carbonyl (C=O) groups is 1. The molecule has 0 amide bonds. The van der Waals surface area contributed by atoms with Crippen LogP contribution in [0.1, 0.15) is 18.4 Å². The van der Waals surface area contributed by atoms with Gasteiger partial charge in [-0.05, 0) is 37.1 Å². The van der Waals surface area contributed by atoms with Crippen molar-refractivity contribution in [3.63, 3.8) is 0 Å². The summed E-state index contributed by atoms with van der Waals surface area (Å²) in [6.45, 7) is 1.67. The molecule has 1 N–H and O–H groups in total. The number of carbonyl (C=O) groups excluding carboxylic acids is 1. The molecular weight excluding hydrogens is 310 g/mol. The molecule has 1 saturated heterocycles. The summed E-state index contributed by atoms with van der Waals surface area (Å²) >= 11 is 3.48. The first-order chi connectivity index (χ1) is 9.16. The molecule has 1 aliphatic rings. The van der Waals surface area contributed by atoms with Gasteiger partial charge < -0.3 is 14.8 Å². The number of benzene rings is 1. The van der Waals surface area contributed by atoms with Crippen molar-refractivity contribution in [2.45, 2.75) is 18.4 Å². The van der Waals surface area contributed by atoms with Crippen molar-refractivity contribution in [2.24, 2.45) is 0 Å². The lowest BCUT2D eigenvalue weighted by Crippen LogP contribution is -2.46. The van der Waals surface area contributed by atoms with E-state index in [4.69, 9.17) is 4.74 Å². The van der Waals surface area contributed by atoms with Gasteiger partial charge in [-0.2, -0.15) is 0 Å². The van der Waals surface area contributed by atoms with Crippen molar-refractivity contribution >= 4 is 21.9 Å². The minimum Gasteiger partial charge on any atom is -0.467 e. The number of ether oxygens (including phenoxy) is 2. The van der Waals surface area contributed by atoms with Gasteiger partial charge in [0.15, 0.2) is 0 Å². The van der Waals surface area contributed by atoms with E-state index >= 15 is 0 Å². The second-order valence-corrected chi connectivity index (χ2v) is 5.57. The Morgan fingerprint density at radius 2 is 2.37 bits per heavy atom. The number of hydrogen-bond acceptors (Lipinski definition) is 4. The third-order valence-electron chi connectivity index (χ3n) is 3.39. The first-order valence-electron chi connectivity index (χ1n) is 6.34. The summed E-state index contributed by atoms with van der Waals surface area (Å²) in [5, 5.41) is 3.34. The Morgan fingerprint density at radius 3 is 3.00 bits per heavy atom. The van der Waals surface area contributed by atoms with Crippen LogP contribution in [0.15, 0.2) is 28.7 Å². The van der Waals surface area contributed by atoms with E-state index in [0.29, 0.717) is 6.54 Å². The summed E-state index contributed by atoms with van der Waals surface area (Å²) in [4.78, 5) is 11.3. The average molecular weight is 328 g/mol. The van der Waals surface area contributed by atoms with Crippen molar-refractivity contribution in [2.75, 3.05) is 26.8 Å². The number of halogens is 1. The Morgan fingerprint density at radius 1 is 1.53 bits per heavy atom. The highest BCUT2D eigenvalue weighted by atomic mass is 79.9. The van der Waals surface area contributed by atoms with Crippen LogP contribution in [-0.2, 0) is 19.9 Å². The Hall–Kier alpha value is -0.910. The van der Waals surface area contributed by atoms with E-state index in [9.17, 15) is 4.79 Å². The molecule has 1 heterocycles. The van der Waals surface area contributed by atoms with Gasteiger partial charge in [-0.1, -0.05) is 28.1 Å². The average Bonchev–Trinajstić information content (AvgIpc) is 2.46. The molecule has 1 unspecified atom stereocenters. The van der Waals surface area contributed by atoms with Crippen LogP contribution in [0.3, 0.4) is 0 Å². The third-order valence-corrected chi connectivity index (χ3v) is 3.88. The number of nitrogens with one attached hydrogen (secondary N) is 1. The minimum absolute atomic E-state index is 0.0231. The van der Waals surface area contributed by atoms with Crippen molar-refractivity contribution in [3.05, 3.63) is 34.3 Å². The minimum atomic E-state index is -0.448. The first-order valence-corrected chi connectivity index (χ1v) is 7.13. The van der Waals surface area contributed by atoms with Crippen LogP contribution in [0.25, 0.3) is 0 Å². The molecule has 104 valence electrons. The molecule has 1 fully saturated rings. The molecule has 0 bridgehead atoms. The molecule has 5 heteroatoms. The molecule has 2 rings (SSSR count). The molecular formula is C14H18BrNO3. The fraction of sp³-hybridized carbons (Fsp3) is 0.500. The number of hydrogen-bond donors (Lipinski definition) is 1. The molecule has 4 nitrogen and oxygen atoms in total. The maximum atomic E-state index is 11.3. The van der Waals surface area contributed by atoms with E-state index in [0.717, 1.165) is 29.4 Å². The molecule has 1 atom stereocenters. The van der Waals surface area contributed by atoms with Crippen LogP contribution in [0, 0.1) is 0 Å². The molecule has 0 aliphatic carbocycles. The summed E-state index contributed by atoms with van der Waals surface area (Å²) in [5.74, 6) is -0.347. The van der Waals surface area contributed by atoms with Crippen molar-refractivity contribution in [1.82, 2.24) is 5.32 Å². The van der Waals surface area contributed by atoms with Crippen molar-refractivity contribution in [1.29, 1.82) is 0 Å². The lowest BCUT2D eigenvalue weighted by atomic mass is 9.86. The van der Waals surface area contributed by atoms with Gasteiger partial charge in [0.1, 0.15) is 12.2 Å². The predicted octanol–water partition coefficient (Wildman–Crippen LogP) is 2.22. The van der Waals surface area contributed by atoms with Gasteiger partial charge >= 0.3 is 5.97 Å². The molecule has 1 aromatic rings. The van der Waals surface area contributed by atoms with Crippen LogP contribution in [-0.4, -0.2) is 32.8 Å². The Labute approximate surface area is 121 Å². The highest BCUT2D eigenvalue weighted by Crippen LogP contribution is 2.33. The van der Waals surface area contributed by atoms with Gasteiger partial charge in [0.05, 0.1) is 7.11 Å². The largest absolute Gasteiger partial charge is 0.467 e. The summed E-state index contributed by atoms with van der Waals surface area (Å²) < 4.78 is 11.6. The second kappa shape index (κ2) is 6.50. The van der Waals surface area contributed by atoms with Crippen LogP contribution < -0.4 is 5.32 Å². The first kappa shape index (κ1) is 14.5. The summed E-state index contributed by atoms with van der Waals surface area (Å²) in [7, 11) is 1.37. The second-order valence-electron chi connectivity index (χ2n) is 4.65. The maximum absolute atomic E-state index is 11.3. The van der Waals surface area contributed by atoms with Gasteiger partial charge in [0.2, 0.25) is 0 Å². The molecule has 0 radical (unpaired) electrons. The normalized spacial score (nSPS) is 23.1. The Balaban J connectivity index is 2.21. The SMILES string of the molecule is COC(=O)COC1(c2cccc(Br)c2)CCCNC1. The zero-order valence-electron chi connectivity index (χ0n) is 10.9. The summed E-state index contributed by atoms with van der Waals surface area (Å²) in [6.07, 6.45) is 1.92. The Kier molecular flexibility index (Phi) is 4.96. The topological polar surface area (TPSA) is 47.6 Å². The van der Waals surface area contributed by atoms with Crippen LogP contribution in [0.5, 0.6) is 0 Å². The quantitative estimate of drug-likeness (QED) is 0.861. The molecule has 0 aromatic heterocycles. The van der Waals surface area contributed by atoms with Crippen LogP contribution >= 0.6 is 15.9 Å². The van der Waals surface area contributed by atoms with Crippen molar-refractivity contribution in [3.8, 4) is 0 Å². The Bertz CT molecular complexity index is 444. The molecule has 0 saturated carbocycles. The van der Waals surface area contributed by atoms with Gasteiger partial charge in [-0.15, -0.1) is 0 Å². The summed E-state index contributed by atoms with van der Waals surface area (Å²) in [5.41, 5.74) is 0.633. The number of methoxy groups -OCH3 is 1. The standard InChI is InChI=1S/C14H18BrNO3/c1-18-13(17)9-19-14(6-3-7-16-10-14)11-4-2-5-12(15)8-11/h2,4-5,8,16H,3,6-7,9-10H2,1H3. The zero-order valence-corrected chi connectivity index (χ0v) is 12.5. The van der Waals surface area contributed by atoms with Gasteiger partial charge in [0.25, 0.3) is 0 Å². The zero-order chi connectivity index (χ0) is 13.7. The molecule has 1 aliphatic heterocycles. The van der Waals surface area contributed by atoms with E-state index in [2.05, 4.69) is 26.0 Å². The van der Waals surface area contributed by atoms with Gasteiger partial charge in [0, 0.05) is 11.0 Å². The van der Waals surface area contributed by atoms with E-state index < -0.39 is 5.60 Å². The van der Waals surface area contributed by atoms with Gasteiger partial charge in [-0.3, -0.25) is 0 Å². The van der Waals surface area contributed by atoms with Crippen molar-refractivity contribution < 1.29 is 14.3 Å². The number of esters is 1. The fourth-order valence-corrected chi connectivity index (χ4v) is 2.76.